The summed E-state index contributed by atoms with van der Waals surface area (Å²) in [4.78, 5) is 0. The number of fused-ring (bicyclic) bond motifs is 12. The number of rotatable bonds is 9. The zero-order valence-corrected chi connectivity index (χ0v) is 40.7. The van der Waals surface area contributed by atoms with Crippen LogP contribution in [0.25, 0.3) is 118 Å². The molecule has 11 aromatic carbocycles. The molecule has 0 amide bonds. The van der Waals surface area contributed by atoms with E-state index < -0.39 is 0 Å². The van der Waals surface area contributed by atoms with E-state index in [0.717, 1.165) is 89.1 Å². The van der Waals surface area contributed by atoms with E-state index in [1.54, 1.807) is 0 Å². The van der Waals surface area contributed by atoms with Gasteiger partial charge in [-0.25, -0.2) is 0 Å². The van der Waals surface area contributed by atoms with Crippen molar-refractivity contribution < 1.29 is 8.83 Å². The van der Waals surface area contributed by atoms with Crippen molar-refractivity contribution in [3.63, 3.8) is 0 Å². The smallest absolute Gasteiger partial charge is 0.143 e. The Balaban J connectivity index is 0.677. The molecule has 73 heavy (non-hydrogen) atoms. The van der Waals surface area contributed by atoms with Crippen LogP contribution in [0.2, 0.25) is 0 Å². The van der Waals surface area contributed by atoms with Crippen LogP contribution in [-0.2, 0) is 0 Å². The number of hydrogen-bond donors (Lipinski definition) is 3. The highest BCUT2D eigenvalue weighted by atomic mass is 32.1. The van der Waals surface area contributed by atoms with Gasteiger partial charge < -0.3 is 24.8 Å². The van der Waals surface area contributed by atoms with Gasteiger partial charge in [-0.15, -0.1) is 22.7 Å². The van der Waals surface area contributed by atoms with Gasteiger partial charge in [0.25, 0.3) is 0 Å². The van der Waals surface area contributed by atoms with Gasteiger partial charge in [0.2, 0.25) is 0 Å². The molecule has 0 fully saturated rings. The number of hydrogen-bond acceptors (Lipinski definition) is 7. The molecule has 4 aromatic heterocycles. The maximum absolute atomic E-state index is 6.73. The molecule has 0 unspecified atom stereocenters. The summed E-state index contributed by atoms with van der Waals surface area (Å²) in [6.07, 6.45) is 0. The second-order valence-electron chi connectivity index (χ2n) is 18.7. The lowest BCUT2D eigenvalue weighted by molar-refractivity contribution is 0.669. The van der Waals surface area contributed by atoms with E-state index in [1.165, 1.54) is 62.6 Å². The van der Waals surface area contributed by atoms with Crippen LogP contribution >= 0.6 is 22.7 Å². The van der Waals surface area contributed by atoms with Crippen molar-refractivity contribution in [1.82, 2.24) is 0 Å². The highest BCUT2D eigenvalue weighted by Crippen LogP contribution is 2.45. The normalized spacial score (nSPS) is 11.8. The molecule has 0 aliphatic carbocycles. The van der Waals surface area contributed by atoms with Crippen LogP contribution < -0.4 is 16.0 Å². The summed E-state index contributed by atoms with van der Waals surface area (Å²) in [5, 5.41) is 20.4. The molecule has 0 saturated carbocycles. The molecule has 5 nitrogen and oxygen atoms in total. The summed E-state index contributed by atoms with van der Waals surface area (Å²) < 4.78 is 17.9. The van der Waals surface area contributed by atoms with Crippen molar-refractivity contribution >= 4 is 141 Å². The fraction of sp³-hybridized carbons (Fsp3) is 0. The third-order valence-electron chi connectivity index (χ3n) is 14.2. The Hall–Kier alpha value is -9.14. The minimum atomic E-state index is 0.843. The summed E-state index contributed by atoms with van der Waals surface area (Å²) in [5.74, 6) is 0. The lowest BCUT2D eigenvalue weighted by Crippen LogP contribution is -1.91. The topological polar surface area (TPSA) is 62.4 Å². The second-order valence-corrected chi connectivity index (χ2v) is 20.8. The van der Waals surface area contributed by atoms with Crippen LogP contribution in [0.15, 0.2) is 239 Å². The lowest BCUT2D eigenvalue weighted by Gasteiger charge is -2.10. The third kappa shape index (κ3) is 7.20. The summed E-state index contributed by atoms with van der Waals surface area (Å²) in [7, 11) is 0. The van der Waals surface area contributed by atoms with Gasteiger partial charge in [-0.05, 0) is 125 Å². The predicted molar refractivity (Wildman–Crippen MR) is 312 cm³/mol. The van der Waals surface area contributed by atoms with Crippen molar-refractivity contribution in [3.05, 3.63) is 231 Å². The number of para-hydroxylation sites is 3. The molecule has 3 N–H and O–H groups in total. The standard InChI is InChI=1S/C66H41N3O2S2/c1-2-9-43(10-3-1)67-46-30-34-61-56(37-46)53-15-7-13-49(66(53)73-61)41-21-19-39(20-22-41)40-23-26-44(27-24-40)69-57-16-8-18-62-64(57)54-31-25-42(35-63(54)72-62)48-12-6-14-52-51-32-28-47(38-60(51)71-65(48)52)68-45-29-33-59-55(36-45)50-11-4-5-17-58(50)70-59/h1-38,67-69H. The minimum Gasteiger partial charge on any atom is -0.456 e. The number of anilines is 6. The first-order valence-electron chi connectivity index (χ1n) is 24.4. The van der Waals surface area contributed by atoms with Gasteiger partial charge in [0.1, 0.15) is 22.3 Å². The molecule has 0 aliphatic rings. The number of benzene rings is 11. The number of furan rings is 2. The van der Waals surface area contributed by atoms with Gasteiger partial charge >= 0.3 is 0 Å². The quantitative estimate of drug-likeness (QED) is 0.135. The summed E-state index contributed by atoms with van der Waals surface area (Å²) >= 11 is 3.69. The molecule has 0 spiro atoms. The van der Waals surface area contributed by atoms with Gasteiger partial charge in [0, 0.05) is 108 Å². The first kappa shape index (κ1) is 41.6. The largest absolute Gasteiger partial charge is 0.456 e. The van der Waals surface area contributed by atoms with Crippen LogP contribution in [0.3, 0.4) is 0 Å². The molecular weight excluding hydrogens is 931 g/mol. The van der Waals surface area contributed by atoms with Crippen molar-refractivity contribution in [3.8, 4) is 33.4 Å². The molecule has 0 bridgehead atoms. The lowest BCUT2D eigenvalue weighted by atomic mass is 9.99. The van der Waals surface area contributed by atoms with Crippen LogP contribution in [0.4, 0.5) is 34.1 Å². The van der Waals surface area contributed by atoms with E-state index >= 15 is 0 Å². The molecule has 0 atom stereocenters. The highest BCUT2D eigenvalue weighted by molar-refractivity contribution is 7.26. The average Bonchev–Trinajstić information content (AvgIpc) is 4.21. The monoisotopic (exact) mass is 971 g/mol. The van der Waals surface area contributed by atoms with Crippen molar-refractivity contribution in [2.45, 2.75) is 0 Å². The summed E-state index contributed by atoms with van der Waals surface area (Å²) in [6, 6.07) is 82.1. The van der Waals surface area contributed by atoms with E-state index in [0.29, 0.717) is 0 Å². The maximum atomic E-state index is 6.73. The van der Waals surface area contributed by atoms with E-state index in [-0.39, 0.29) is 0 Å². The highest BCUT2D eigenvalue weighted by Gasteiger charge is 2.17. The van der Waals surface area contributed by atoms with Crippen LogP contribution in [0.1, 0.15) is 0 Å². The Morgan fingerprint density at radius 2 is 0.904 bits per heavy atom. The van der Waals surface area contributed by atoms with Gasteiger partial charge in [-0.2, -0.15) is 0 Å². The fourth-order valence-electron chi connectivity index (χ4n) is 10.7. The molecule has 344 valence electrons. The Labute approximate surface area is 427 Å². The van der Waals surface area contributed by atoms with Crippen LogP contribution in [0.5, 0.6) is 0 Å². The number of nitrogens with one attached hydrogen (secondary N) is 3. The number of thiophene rings is 2. The maximum Gasteiger partial charge on any atom is 0.143 e. The van der Waals surface area contributed by atoms with Gasteiger partial charge in [-0.1, -0.05) is 127 Å². The Morgan fingerprint density at radius 1 is 0.288 bits per heavy atom. The van der Waals surface area contributed by atoms with Crippen LogP contribution in [0, 0.1) is 0 Å². The van der Waals surface area contributed by atoms with E-state index in [1.807, 2.05) is 53.0 Å². The zero-order chi connectivity index (χ0) is 48.0. The summed E-state index contributed by atoms with van der Waals surface area (Å²) in [6.45, 7) is 0. The molecule has 0 saturated heterocycles. The van der Waals surface area contributed by atoms with E-state index in [9.17, 15) is 0 Å². The molecular formula is C66H41N3O2S2. The Kier molecular flexibility index (Phi) is 9.55. The van der Waals surface area contributed by atoms with Crippen molar-refractivity contribution in [2.75, 3.05) is 16.0 Å². The molecule has 0 radical (unpaired) electrons. The van der Waals surface area contributed by atoms with Gasteiger partial charge in [-0.3, -0.25) is 0 Å². The minimum absolute atomic E-state index is 0.843. The van der Waals surface area contributed by atoms with Gasteiger partial charge in [0.15, 0.2) is 0 Å². The van der Waals surface area contributed by atoms with Crippen molar-refractivity contribution in [1.29, 1.82) is 0 Å². The predicted octanol–water partition coefficient (Wildman–Crippen LogP) is 20.5. The first-order valence-corrected chi connectivity index (χ1v) is 26.1. The SMILES string of the molecule is c1ccc(Nc2ccc3sc4c(-c5ccc(-c6ccc(Nc7cccc8sc9cc(-c%10cccc%11c%10oc%10cc(Nc%12ccc%13oc%14ccccc%14c%13c%12)ccc%10%11)ccc9c78)cc6)cc5)cccc4c3c2)cc1. The van der Waals surface area contributed by atoms with Gasteiger partial charge in [0.05, 0.1) is 0 Å². The zero-order valence-electron chi connectivity index (χ0n) is 39.1. The third-order valence-corrected chi connectivity index (χ3v) is 16.6. The summed E-state index contributed by atoms with van der Waals surface area (Å²) in [5.41, 5.74) is 16.8. The Morgan fingerprint density at radius 3 is 1.78 bits per heavy atom. The second kappa shape index (κ2) is 16.7. The van der Waals surface area contributed by atoms with Crippen LogP contribution in [-0.4, -0.2) is 0 Å². The van der Waals surface area contributed by atoms with Crippen molar-refractivity contribution in [2.24, 2.45) is 0 Å². The fourth-order valence-corrected chi connectivity index (χ4v) is 13.1. The molecule has 15 aromatic rings. The first-order chi connectivity index (χ1) is 36.1. The Bertz CT molecular complexity index is 4640. The van der Waals surface area contributed by atoms with E-state index in [2.05, 4.69) is 216 Å². The van der Waals surface area contributed by atoms with E-state index in [4.69, 9.17) is 8.83 Å². The molecule has 0 aliphatic heterocycles. The molecule has 7 heteroatoms. The molecule has 4 heterocycles. The average molecular weight is 972 g/mol. The molecule has 15 rings (SSSR count).